The van der Waals surface area contributed by atoms with E-state index in [9.17, 15) is 4.79 Å². The third-order valence-corrected chi connectivity index (χ3v) is 3.88. The predicted molar refractivity (Wildman–Crippen MR) is 80.3 cm³/mol. The number of carbonyl (C=O) groups excluding carboxylic acids is 1. The molecule has 20 heavy (non-hydrogen) atoms. The molecule has 0 saturated carbocycles. The average molecular weight is 290 g/mol. The minimum absolute atomic E-state index is 0.0310. The molecule has 0 unspecified atom stereocenters. The van der Waals surface area contributed by atoms with Crippen molar-refractivity contribution in [2.75, 3.05) is 13.7 Å². The summed E-state index contributed by atoms with van der Waals surface area (Å²) in [5.74, 6) is 0.830. The molecule has 1 aromatic carbocycles. The quantitative estimate of drug-likeness (QED) is 0.888. The number of aromatic nitrogens is 1. The van der Waals surface area contributed by atoms with E-state index >= 15 is 0 Å². The number of nitrogens with zero attached hydrogens (tertiary/aromatic N) is 1. The molecule has 2 rings (SSSR count). The van der Waals surface area contributed by atoms with E-state index in [1.54, 1.807) is 18.4 Å². The van der Waals surface area contributed by atoms with E-state index in [1.165, 1.54) is 0 Å². The van der Waals surface area contributed by atoms with Crippen molar-refractivity contribution < 1.29 is 9.53 Å². The van der Waals surface area contributed by atoms with Gasteiger partial charge in [-0.3, -0.25) is 4.79 Å². The predicted octanol–water partition coefficient (Wildman–Crippen LogP) is 2.36. The van der Waals surface area contributed by atoms with E-state index in [0.717, 1.165) is 28.4 Å². The highest BCUT2D eigenvalue weighted by Crippen LogP contribution is 2.11. The summed E-state index contributed by atoms with van der Waals surface area (Å²) >= 11 is 1.63. The number of hydrogen-bond donors (Lipinski definition) is 1. The second-order valence-electron chi connectivity index (χ2n) is 4.51. The molecule has 0 spiro atoms. The first-order valence-electron chi connectivity index (χ1n) is 6.48. The second kappa shape index (κ2) is 7.05. The standard InChI is InChI=1S/C15H18N2O2S/c1-11-10-20-15(17-11)7-8-16-14(18)9-12-3-5-13(19-2)6-4-12/h3-6,10H,7-9H2,1-2H3,(H,16,18). The van der Waals surface area contributed by atoms with Gasteiger partial charge in [-0.2, -0.15) is 0 Å². The molecule has 1 N–H and O–H groups in total. The summed E-state index contributed by atoms with van der Waals surface area (Å²) in [4.78, 5) is 16.2. The third-order valence-electron chi connectivity index (χ3n) is 2.85. The summed E-state index contributed by atoms with van der Waals surface area (Å²) in [6.07, 6.45) is 1.17. The van der Waals surface area contributed by atoms with Crippen molar-refractivity contribution >= 4 is 17.2 Å². The molecule has 0 aliphatic heterocycles. The van der Waals surface area contributed by atoms with Gasteiger partial charge < -0.3 is 10.1 Å². The van der Waals surface area contributed by atoms with Gasteiger partial charge in [0, 0.05) is 24.0 Å². The van der Waals surface area contributed by atoms with E-state index in [2.05, 4.69) is 10.3 Å². The van der Waals surface area contributed by atoms with E-state index in [1.807, 2.05) is 36.6 Å². The smallest absolute Gasteiger partial charge is 0.224 e. The number of aryl methyl sites for hydroxylation is 1. The van der Waals surface area contributed by atoms with Crippen LogP contribution in [0.15, 0.2) is 29.6 Å². The summed E-state index contributed by atoms with van der Waals surface area (Å²) in [7, 11) is 1.63. The summed E-state index contributed by atoms with van der Waals surface area (Å²) in [5.41, 5.74) is 2.02. The van der Waals surface area contributed by atoms with Crippen molar-refractivity contribution in [3.63, 3.8) is 0 Å². The number of nitrogens with one attached hydrogen (secondary N) is 1. The lowest BCUT2D eigenvalue weighted by Gasteiger charge is -2.05. The van der Waals surface area contributed by atoms with Crippen molar-refractivity contribution in [1.29, 1.82) is 0 Å². The molecule has 106 valence electrons. The van der Waals surface area contributed by atoms with Gasteiger partial charge in [0.15, 0.2) is 0 Å². The first kappa shape index (κ1) is 14.5. The number of methoxy groups -OCH3 is 1. The zero-order chi connectivity index (χ0) is 14.4. The lowest BCUT2D eigenvalue weighted by atomic mass is 10.1. The summed E-state index contributed by atoms with van der Waals surface area (Å²) in [6.45, 7) is 2.60. The molecule has 4 nitrogen and oxygen atoms in total. The number of rotatable bonds is 6. The van der Waals surface area contributed by atoms with Crippen LogP contribution in [0.5, 0.6) is 5.75 Å². The molecular weight excluding hydrogens is 272 g/mol. The molecule has 0 saturated heterocycles. The topological polar surface area (TPSA) is 51.2 Å². The van der Waals surface area contributed by atoms with Gasteiger partial charge in [0.25, 0.3) is 0 Å². The van der Waals surface area contributed by atoms with Crippen molar-refractivity contribution in [2.45, 2.75) is 19.8 Å². The van der Waals surface area contributed by atoms with Gasteiger partial charge in [0.2, 0.25) is 5.91 Å². The summed E-state index contributed by atoms with van der Waals surface area (Å²) in [6, 6.07) is 7.53. The Kier molecular flexibility index (Phi) is 5.12. The van der Waals surface area contributed by atoms with E-state index in [-0.39, 0.29) is 5.91 Å². The van der Waals surface area contributed by atoms with E-state index in [0.29, 0.717) is 13.0 Å². The molecule has 5 heteroatoms. The van der Waals surface area contributed by atoms with Crippen LogP contribution < -0.4 is 10.1 Å². The average Bonchev–Trinajstić information content (AvgIpc) is 2.85. The van der Waals surface area contributed by atoms with Crippen molar-refractivity contribution in [1.82, 2.24) is 10.3 Å². The number of benzene rings is 1. The first-order valence-corrected chi connectivity index (χ1v) is 7.36. The largest absolute Gasteiger partial charge is 0.497 e. The van der Waals surface area contributed by atoms with Crippen LogP contribution >= 0.6 is 11.3 Å². The Bertz CT molecular complexity index is 564. The van der Waals surface area contributed by atoms with Crippen LogP contribution in [0.4, 0.5) is 0 Å². The van der Waals surface area contributed by atoms with Crippen LogP contribution in [0.3, 0.4) is 0 Å². The van der Waals surface area contributed by atoms with Gasteiger partial charge in [0.1, 0.15) is 5.75 Å². The van der Waals surface area contributed by atoms with Gasteiger partial charge in [-0.05, 0) is 24.6 Å². The molecular formula is C15H18N2O2S. The van der Waals surface area contributed by atoms with Crippen LogP contribution in [0.25, 0.3) is 0 Å². The van der Waals surface area contributed by atoms with Crippen LogP contribution in [0.1, 0.15) is 16.3 Å². The summed E-state index contributed by atoms with van der Waals surface area (Å²) in [5, 5.41) is 6.00. The molecule has 1 aromatic heterocycles. The summed E-state index contributed by atoms with van der Waals surface area (Å²) < 4.78 is 5.08. The Hall–Kier alpha value is -1.88. The second-order valence-corrected chi connectivity index (χ2v) is 5.45. The monoisotopic (exact) mass is 290 g/mol. The van der Waals surface area contributed by atoms with Gasteiger partial charge in [-0.15, -0.1) is 11.3 Å². The number of hydrogen-bond acceptors (Lipinski definition) is 4. The van der Waals surface area contributed by atoms with Crippen LogP contribution in [0, 0.1) is 6.92 Å². The van der Waals surface area contributed by atoms with Crippen molar-refractivity contribution in [3.05, 3.63) is 45.9 Å². The number of carbonyl (C=O) groups is 1. The van der Waals surface area contributed by atoms with Crippen LogP contribution in [-0.4, -0.2) is 24.5 Å². The number of thiazole rings is 1. The van der Waals surface area contributed by atoms with E-state index in [4.69, 9.17) is 4.74 Å². The molecule has 0 fully saturated rings. The zero-order valence-electron chi connectivity index (χ0n) is 11.7. The highest BCUT2D eigenvalue weighted by atomic mass is 32.1. The Morgan fingerprint density at radius 1 is 1.35 bits per heavy atom. The van der Waals surface area contributed by atoms with Gasteiger partial charge in [-0.1, -0.05) is 12.1 Å². The zero-order valence-corrected chi connectivity index (χ0v) is 12.5. The lowest BCUT2D eigenvalue weighted by molar-refractivity contribution is -0.120. The fraction of sp³-hybridized carbons (Fsp3) is 0.333. The van der Waals surface area contributed by atoms with E-state index < -0.39 is 0 Å². The van der Waals surface area contributed by atoms with Crippen molar-refractivity contribution in [2.24, 2.45) is 0 Å². The van der Waals surface area contributed by atoms with Crippen molar-refractivity contribution in [3.8, 4) is 5.75 Å². The van der Waals surface area contributed by atoms with Crippen LogP contribution in [-0.2, 0) is 17.6 Å². The normalized spacial score (nSPS) is 10.3. The first-order chi connectivity index (χ1) is 9.67. The molecule has 0 aliphatic carbocycles. The maximum atomic E-state index is 11.8. The third kappa shape index (κ3) is 4.35. The molecule has 2 aromatic rings. The molecule has 0 atom stereocenters. The molecule has 1 heterocycles. The Morgan fingerprint density at radius 3 is 2.70 bits per heavy atom. The maximum absolute atomic E-state index is 11.8. The fourth-order valence-electron chi connectivity index (χ4n) is 1.82. The Morgan fingerprint density at radius 2 is 2.10 bits per heavy atom. The number of ether oxygens (including phenoxy) is 1. The SMILES string of the molecule is COc1ccc(CC(=O)NCCc2nc(C)cs2)cc1. The molecule has 0 radical (unpaired) electrons. The highest BCUT2D eigenvalue weighted by Gasteiger charge is 2.04. The Balaban J connectivity index is 1.74. The minimum Gasteiger partial charge on any atom is -0.497 e. The highest BCUT2D eigenvalue weighted by molar-refractivity contribution is 7.09. The molecule has 0 bridgehead atoms. The van der Waals surface area contributed by atoms with Gasteiger partial charge in [-0.25, -0.2) is 4.98 Å². The van der Waals surface area contributed by atoms with Gasteiger partial charge in [0.05, 0.1) is 18.5 Å². The molecule has 0 aliphatic rings. The molecule has 1 amide bonds. The van der Waals surface area contributed by atoms with Gasteiger partial charge >= 0.3 is 0 Å². The maximum Gasteiger partial charge on any atom is 0.224 e. The fourth-order valence-corrected chi connectivity index (χ4v) is 2.59. The van der Waals surface area contributed by atoms with Crippen LogP contribution in [0.2, 0.25) is 0 Å². The minimum atomic E-state index is 0.0310. The number of amides is 1. The Labute approximate surface area is 122 Å². The lowest BCUT2D eigenvalue weighted by Crippen LogP contribution is -2.27.